The van der Waals surface area contributed by atoms with E-state index >= 15 is 0 Å². The van der Waals surface area contributed by atoms with Crippen molar-refractivity contribution in [2.75, 3.05) is 5.43 Å². The molecule has 0 saturated heterocycles. The molecule has 2 aromatic carbocycles. The lowest BCUT2D eigenvalue weighted by molar-refractivity contribution is 0.732. The van der Waals surface area contributed by atoms with E-state index in [9.17, 15) is 0 Å². The second kappa shape index (κ2) is 6.76. The number of nitriles is 1. The van der Waals surface area contributed by atoms with Gasteiger partial charge in [0.05, 0.1) is 35.9 Å². The minimum atomic E-state index is 0.0146. The molecule has 0 aliphatic carbocycles. The summed E-state index contributed by atoms with van der Waals surface area (Å²) in [6.07, 6.45) is 5.95. The van der Waals surface area contributed by atoms with Gasteiger partial charge in [0.1, 0.15) is 0 Å². The van der Waals surface area contributed by atoms with Crippen molar-refractivity contribution in [1.29, 1.82) is 5.26 Å². The van der Waals surface area contributed by atoms with Crippen LogP contribution in [0.4, 0.5) is 5.69 Å². The molecule has 5 nitrogen and oxygen atoms in total. The molecular weight excluding hydrogens is 346 g/mol. The minimum Gasteiger partial charge on any atom is -0.319 e. The molecular formula is C23H17N5. The number of pyridine rings is 2. The molecule has 3 heterocycles. The lowest BCUT2D eigenvalue weighted by atomic mass is 9.93. The van der Waals surface area contributed by atoms with Gasteiger partial charge in [0.15, 0.2) is 0 Å². The van der Waals surface area contributed by atoms with Crippen molar-refractivity contribution >= 4 is 16.6 Å². The van der Waals surface area contributed by atoms with Crippen LogP contribution in [0.15, 0.2) is 73.2 Å². The molecule has 134 valence electrons. The summed E-state index contributed by atoms with van der Waals surface area (Å²) >= 11 is 0. The van der Waals surface area contributed by atoms with E-state index in [-0.39, 0.29) is 6.04 Å². The second-order valence-electron chi connectivity index (χ2n) is 6.84. The highest BCUT2D eigenvalue weighted by molar-refractivity contribution is 5.92. The van der Waals surface area contributed by atoms with Crippen molar-refractivity contribution < 1.29 is 0 Å². The van der Waals surface area contributed by atoms with E-state index in [1.54, 1.807) is 6.20 Å². The molecule has 0 amide bonds. The van der Waals surface area contributed by atoms with Gasteiger partial charge in [-0.3, -0.25) is 9.97 Å². The van der Waals surface area contributed by atoms with E-state index in [1.807, 2.05) is 30.6 Å². The van der Waals surface area contributed by atoms with E-state index in [2.05, 4.69) is 63.3 Å². The van der Waals surface area contributed by atoms with Crippen molar-refractivity contribution in [3.05, 3.63) is 89.9 Å². The average Bonchev–Trinajstić information content (AvgIpc) is 3.19. The topological polar surface area (TPSA) is 73.6 Å². The van der Waals surface area contributed by atoms with Crippen LogP contribution in [-0.4, -0.2) is 9.97 Å². The molecule has 28 heavy (non-hydrogen) atoms. The molecule has 5 heteroatoms. The van der Waals surface area contributed by atoms with Gasteiger partial charge in [0.25, 0.3) is 0 Å². The number of benzene rings is 2. The zero-order valence-electron chi connectivity index (χ0n) is 15.1. The maximum atomic E-state index is 8.89. The number of anilines is 1. The molecule has 4 aromatic rings. The van der Waals surface area contributed by atoms with Gasteiger partial charge in [0, 0.05) is 28.9 Å². The van der Waals surface area contributed by atoms with E-state index in [4.69, 9.17) is 5.26 Å². The Balaban J connectivity index is 1.63. The van der Waals surface area contributed by atoms with Crippen LogP contribution in [0.1, 0.15) is 22.7 Å². The Morgan fingerprint density at radius 1 is 1.00 bits per heavy atom. The predicted octanol–water partition coefficient (Wildman–Crippen LogP) is 4.38. The molecule has 0 fully saturated rings. The van der Waals surface area contributed by atoms with Crippen LogP contribution in [0, 0.1) is 11.3 Å². The molecule has 0 spiro atoms. The Hall–Kier alpha value is -3.75. The fourth-order valence-corrected chi connectivity index (χ4v) is 3.73. The number of hydrazine groups is 1. The first-order valence-electron chi connectivity index (χ1n) is 9.14. The summed E-state index contributed by atoms with van der Waals surface area (Å²) in [7, 11) is 0. The molecule has 1 atom stereocenters. The Labute approximate surface area is 162 Å². The summed E-state index contributed by atoms with van der Waals surface area (Å²) in [5.41, 5.74) is 14.1. The van der Waals surface area contributed by atoms with Crippen LogP contribution in [0.3, 0.4) is 0 Å². The first-order valence-corrected chi connectivity index (χ1v) is 9.14. The first-order chi connectivity index (χ1) is 13.8. The fraction of sp³-hybridized carbons (Fsp3) is 0.0870. The smallest absolute Gasteiger partial charge is 0.0787 e. The highest BCUT2D eigenvalue weighted by Crippen LogP contribution is 2.38. The van der Waals surface area contributed by atoms with Gasteiger partial charge in [-0.1, -0.05) is 36.4 Å². The van der Waals surface area contributed by atoms with Gasteiger partial charge in [-0.25, -0.2) is 5.43 Å². The predicted molar refractivity (Wildman–Crippen MR) is 109 cm³/mol. The molecule has 0 saturated carbocycles. The molecule has 5 rings (SSSR count). The monoisotopic (exact) mass is 363 g/mol. The number of hydrogen-bond donors (Lipinski definition) is 2. The third-order valence-electron chi connectivity index (χ3n) is 5.14. The van der Waals surface area contributed by atoms with Gasteiger partial charge >= 0.3 is 0 Å². The lowest BCUT2D eigenvalue weighted by Gasteiger charge is -2.14. The summed E-state index contributed by atoms with van der Waals surface area (Å²) in [4.78, 5) is 8.84. The second-order valence-corrected chi connectivity index (χ2v) is 6.84. The Kier molecular flexibility index (Phi) is 3.97. The third kappa shape index (κ3) is 2.77. The molecule has 1 aliphatic heterocycles. The Morgan fingerprint density at radius 2 is 1.89 bits per heavy atom. The zero-order chi connectivity index (χ0) is 18.9. The normalized spacial score (nSPS) is 15.0. The first kappa shape index (κ1) is 16.4. The van der Waals surface area contributed by atoms with Crippen LogP contribution in [0.5, 0.6) is 0 Å². The summed E-state index contributed by atoms with van der Waals surface area (Å²) in [6.45, 7) is 0. The highest BCUT2D eigenvalue weighted by atomic mass is 15.4. The molecule has 1 aliphatic rings. The number of nitrogens with zero attached hydrogens (tertiary/aromatic N) is 3. The SMILES string of the molecule is N#CCc1ccc(C2NNc3cnc4ccc(-c5cccnc5)cc4c32)cc1. The lowest BCUT2D eigenvalue weighted by Crippen LogP contribution is -2.19. The fourth-order valence-electron chi connectivity index (χ4n) is 3.73. The standard InChI is InChI=1S/C23H17N5/c24-10-9-15-3-5-16(6-4-15)23-22-19-12-17(18-2-1-11-25-13-18)7-8-20(19)26-14-21(22)27-28-23/h1-8,11-14,23,27-28H,9H2. The summed E-state index contributed by atoms with van der Waals surface area (Å²) in [5.74, 6) is 0. The number of fused-ring (bicyclic) bond motifs is 3. The van der Waals surface area contributed by atoms with Gasteiger partial charge in [-0.2, -0.15) is 5.26 Å². The van der Waals surface area contributed by atoms with Crippen LogP contribution >= 0.6 is 0 Å². The number of hydrogen-bond acceptors (Lipinski definition) is 5. The van der Waals surface area contributed by atoms with E-state index in [1.165, 1.54) is 5.56 Å². The van der Waals surface area contributed by atoms with Gasteiger partial charge in [-0.05, 0) is 34.9 Å². The maximum absolute atomic E-state index is 8.89. The van der Waals surface area contributed by atoms with E-state index in [0.29, 0.717) is 6.42 Å². The highest BCUT2D eigenvalue weighted by Gasteiger charge is 2.26. The maximum Gasteiger partial charge on any atom is 0.0787 e. The summed E-state index contributed by atoms with van der Waals surface area (Å²) in [6, 6.07) is 20.7. The molecule has 2 aromatic heterocycles. The van der Waals surface area contributed by atoms with Gasteiger partial charge < -0.3 is 5.43 Å². The van der Waals surface area contributed by atoms with E-state index < -0.39 is 0 Å². The summed E-state index contributed by atoms with van der Waals surface area (Å²) in [5, 5.41) is 10.00. The van der Waals surface area contributed by atoms with Gasteiger partial charge in [-0.15, -0.1) is 0 Å². The largest absolute Gasteiger partial charge is 0.319 e. The quantitative estimate of drug-likeness (QED) is 0.565. The van der Waals surface area contributed by atoms with Crippen molar-refractivity contribution in [2.24, 2.45) is 0 Å². The van der Waals surface area contributed by atoms with E-state index in [0.717, 1.165) is 38.8 Å². The third-order valence-corrected chi connectivity index (χ3v) is 5.14. The summed E-state index contributed by atoms with van der Waals surface area (Å²) < 4.78 is 0. The number of aromatic nitrogens is 2. The number of nitrogens with one attached hydrogen (secondary N) is 2. The Bertz CT molecular complexity index is 1190. The van der Waals surface area contributed by atoms with Crippen molar-refractivity contribution in [2.45, 2.75) is 12.5 Å². The van der Waals surface area contributed by atoms with Gasteiger partial charge in [0.2, 0.25) is 0 Å². The molecule has 1 unspecified atom stereocenters. The molecule has 2 N–H and O–H groups in total. The van der Waals surface area contributed by atoms with Crippen LogP contribution < -0.4 is 10.9 Å². The van der Waals surface area contributed by atoms with Crippen molar-refractivity contribution in [3.63, 3.8) is 0 Å². The van der Waals surface area contributed by atoms with Crippen LogP contribution in [0.2, 0.25) is 0 Å². The molecule has 0 radical (unpaired) electrons. The average molecular weight is 363 g/mol. The van der Waals surface area contributed by atoms with Crippen molar-refractivity contribution in [3.8, 4) is 17.2 Å². The number of rotatable bonds is 3. The van der Waals surface area contributed by atoms with Crippen molar-refractivity contribution in [1.82, 2.24) is 15.4 Å². The zero-order valence-corrected chi connectivity index (χ0v) is 15.1. The Morgan fingerprint density at radius 3 is 2.68 bits per heavy atom. The van der Waals surface area contributed by atoms with Crippen LogP contribution in [0.25, 0.3) is 22.0 Å². The van der Waals surface area contributed by atoms with Crippen LogP contribution in [-0.2, 0) is 6.42 Å². The minimum absolute atomic E-state index is 0.0146. The molecule has 0 bridgehead atoms.